The second-order valence-electron chi connectivity index (χ2n) is 2.78. The first-order valence-corrected chi connectivity index (χ1v) is 5.16. The minimum atomic E-state index is 0. The molecule has 64 valence electrons. The molecule has 0 heterocycles. The van der Waals surface area contributed by atoms with Crippen molar-refractivity contribution in [2.24, 2.45) is 0 Å². The predicted molar refractivity (Wildman–Crippen MR) is 59.1 cm³/mol. The van der Waals surface area contributed by atoms with Crippen LogP contribution in [-0.4, -0.2) is 0 Å². The third-order valence-electron chi connectivity index (χ3n) is 1.77. The van der Waals surface area contributed by atoms with E-state index in [4.69, 9.17) is 0 Å². The first kappa shape index (κ1) is 12.7. The van der Waals surface area contributed by atoms with E-state index in [1.807, 2.05) is 12.1 Å². The minimum Gasteiger partial charge on any atom is -0.472 e. The van der Waals surface area contributed by atoms with Crippen LogP contribution in [0.1, 0.15) is 0 Å². The quantitative estimate of drug-likeness (QED) is 0.651. The van der Waals surface area contributed by atoms with Gasteiger partial charge in [-0.15, -0.1) is 0 Å². The molecule has 0 unspecified atom stereocenters. The number of hydrogen-bond donors (Lipinski definition) is 0. The molecular weight excluding hydrogens is 261 g/mol. The predicted octanol–water partition coefficient (Wildman–Crippen LogP) is -0.412. The molecule has 2 aromatic carbocycles. The molecule has 0 saturated carbocycles. The Labute approximate surface area is 136 Å². The van der Waals surface area contributed by atoms with Crippen molar-refractivity contribution in [1.29, 1.82) is 0 Å². The van der Waals surface area contributed by atoms with Crippen molar-refractivity contribution in [3.05, 3.63) is 60.7 Å². The van der Waals surface area contributed by atoms with Crippen molar-refractivity contribution < 1.29 is 58.2 Å². The topological polar surface area (TPSA) is 0 Å². The van der Waals surface area contributed by atoms with Crippen LogP contribution in [-0.2, 0) is 0 Å². The van der Waals surface area contributed by atoms with Gasteiger partial charge in [-0.3, -0.25) is 0 Å². The van der Waals surface area contributed by atoms with E-state index in [0.29, 0.717) is 0 Å². The first-order chi connectivity index (χ1) is 6.45. The van der Waals surface area contributed by atoms with Gasteiger partial charge in [0.25, 0.3) is 0 Å². The molecule has 2 heteroatoms. The van der Waals surface area contributed by atoms with E-state index in [0.717, 1.165) is 0 Å². The van der Waals surface area contributed by atoms with Gasteiger partial charge in [-0.2, -0.15) is 0 Å². The molecule has 0 saturated heterocycles. The van der Waals surface area contributed by atoms with Crippen molar-refractivity contribution in [3.63, 3.8) is 0 Å². The summed E-state index contributed by atoms with van der Waals surface area (Å²) < 4.78 is 0. The fourth-order valence-electron chi connectivity index (χ4n) is 1.15. The Morgan fingerprint density at radius 3 is 1.29 bits per heavy atom. The Morgan fingerprint density at radius 2 is 0.929 bits per heavy atom. The molecule has 0 aliphatic rings. The van der Waals surface area contributed by atoms with Crippen LogP contribution < -0.4 is 68.8 Å². The maximum Gasteiger partial charge on any atom is 1.00 e. The van der Waals surface area contributed by atoms with Gasteiger partial charge in [-0.1, -0.05) is 60.7 Å². The molecule has 0 atom stereocenters. The van der Waals surface area contributed by atoms with Crippen LogP contribution in [0.15, 0.2) is 60.7 Å². The molecule has 0 N–H and O–H groups in total. The molecule has 2 aromatic rings. The van der Waals surface area contributed by atoms with Gasteiger partial charge in [0.05, 0.1) is 0 Å². The molecule has 0 fully saturated rings. The van der Waals surface area contributed by atoms with Crippen molar-refractivity contribution in [2.45, 2.75) is 0 Å². The summed E-state index contributed by atoms with van der Waals surface area (Å²) in [6.07, 6.45) is 0. The largest absolute Gasteiger partial charge is 1.00 e. The monoisotopic (exact) mass is 270 g/mol. The third kappa shape index (κ3) is 4.04. The van der Waals surface area contributed by atoms with E-state index in [9.17, 15) is 0 Å². The molecule has 0 aliphatic carbocycles. The Bertz CT molecular complexity index is 321. The van der Waals surface area contributed by atoms with Crippen LogP contribution in [0, 0.1) is 0 Å². The van der Waals surface area contributed by atoms with E-state index >= 15 is 0 Å². The summed E-state index contributed by atoms with van der Waals surface area (Å²) in [7, 11) is 1.28. The van der Waals surface area contributed by atoms with Crippen LogP contribution in [0.4, 0.5) is 0 Å². The maximum absolute atomic E-state index is 2.15. The molecule has 0 radical (unpaired) electrons. The van der Waals surface area contributed by atoms with Gasteiger partial charge in [-0.25, -0.2) is 10.6 Å². The van der Waals surface area contributed by atoms with Gasteiger partial charge in [0.1, 0.15) is 0 Å². The smallest absolute Gasteiger partial charge is 0.472 e. The Balaban J connectivity index is 0.000000980. The molecule has 0 spiro atoms. The number of rotatable bonds is 2. The second kappa shape index (κ2) is 7.03. The zero-order chi connectivity index (χ0) is 8.93. The third-order valence-corrected chi connectivity index (χ3v) is 2.88. The molecule has 0 amide bonds. The molecule has 2 rings (SSSR count). The molecular formula is C12H10PRb. The summed E-state index contributed by atoms with van der Waals surface area (Å²) >= 11 is 0. The van der Waals surface area contributed by atoms with E-state index < -0.39 is 0 Å². The fourth-order valence-corrected chi connectivity index (χ4v) is 2.09. The summed E-state index contributed by atoms with van der Waals surface area (Å²) in [4.78, 5) is 0. The van der Waals surface area contributed by atoms with Crippen LogP contribution in [0.3, 0.4) is 0 Å². The van der Waals surface area contributed by atoms with E-state index in [1.54, 1.807) is 0 Å². The van der Waals surface area contributed by atoms with Crippen molar-refractivity contribution in [3.8, 4) is 0 Å². The maximum atomic E-state index is 2.15. The second-order valence-corrected chi connectivity index (χ2v) is 4.04. The Morgan fingerprint density at radius 1 is 0.571 bits per heavy atom. The Hall–Kier alpha value is 0.675. The van der Waals surface area contributed by atoms with Crippen LogP contribution in [0.5, 0.6) is 0 Å². The van der Waals surface area contributed by atoms with Gasteiger partial charge in [0, 0.05) is 0 Å². The summed E-state index contributed by atoms with van der Waals surface area (Å²) in [5.41, 5.74) is 0. The van der Waals surface area contributed by atoms with Gasteiger partial charge in [0.15, 0.2) is 0 Å². The van der Waals surface area contributed by atoms with Gasteiger partial charge in [-0.05, 0) is 0 Å². The molecule has 0 nitrogen and oxygen atoms in total. The molecule has 0 aromatic heterocycles. The number of hydrogen-bond acceptors (Lipinski definition) is 0. The average Bonchev–Trinajstić information content (AvgIpc) is 2.21. The molecule has 0 aliphatic heterocycles. The average molecular weight is 271 g/mol. The fraction of sp³-hybridized carbons (Fsp3) is 0. The van der Waals surface area contributed by atoms with Crippen molar-refractivity contribution in [1.82, 2.24) is 0 Å². The van der Waals surface area contributed by atoms with Crippen molar-refractivity contribution >= 4 is 19.2 Å². The summed E-state index contributed by atoms with van der Waals surface area (Å²) in [5.74, 6) is 0. The van der Waals surface area contributed by atoms with Gasteiger partial charge < -0.3 is 8.58 Å². The summed E-state index contributed by atoms with van der Waals surface area (Å²) in [6.45, 7) is 0. The normalized spacial score (nSPS) is 9.14. The number of benzene rings is 2. The van der Waals surface area contributed by atoms with Gasteiger partial charge >= 0.3 is 58.2 Å². The summed E-state index contributed by atoms with van der Waals surface area (Å²) in [5, 5.41) is 2.68. The van der Waals surface area contributed by atoms with Crippen molar-refractivity contribution in [2.75, 3.05) is 0 Å². The van der Waals surface area contributed by atoms with Crippen LogP contribution in [0.2, 0.25) is 0 Å². The van der Waals surface area contributed by atoms with E-state index in [1.165, 1.54) is 19.2 Å². The first-order valence-electron chi connectivity index (χ1n) is 4.27. The SMILES string of the molecule is [Rb+].c1ccc([P-]c2ccccc2)cc1. The van der Waals surface area contributed by atoms with Gasteiger partial charge in [0.2, 0.25) is 0 Å². The van der Waals surface area contributed by atoms with Crippen LogP contribution in [0.25, 0.3) is 0 Å². The zero-order valence-electron chi connectivity index (χ0n) is 8.22. The standard InChI is InChI=1S/C12H10P.Rb/c1-3-7-11(8-4-1)13-12-9-5-2-6-10-12;/h1-10H;/q-1;+1. The van der Waals surface area contributed by atoms with E-state index in [-0.39, 0.29) is 58.2 Å². The summed E-state index contributed by atoms with van der Waals surface area (Å²) in [6, 6.07) is 21.0. The molecule has 0 bridgehead atoms. The van der Waals surface area contributed by atoms with E-state index in [2.05, 4.69) is 48.5 Å². The molecule has 14 heavy (non-hydrogen) atoms. The Kier molecular flexibility index (Phi) is 6.40. The zero-order valence-corrected chi connectivity index (χ0v) is 14.0. The minimum absolute atomic E-state index is 0. The van der Waals surface area contributed by atoms with Crippen LogP contribution >= 0.6 is 8.58 Å².